The second-order valence-electron chi connectivity index (χ2n) is 4.73. The first kappa shape index (κ1) is 14.2. The van der Waals surface area contributed by atoms with Crippen molar-refractivity contribution in [2.45, 2.75) is 12.5 Å². The van der Waals surface area contributed by atoms with Crippen molar-refractivity contribution in [3.8, 4) is 0 Å². The van der Waals surface area contributed by atoms with Crippen molar-refractivity contribution in [3.63, 3.8) is 0 Å². The van der Waals surface area contributed by atoms with Gasteiger partial charge in [0.25, 0.3) is 0 Å². The van der Waals surface area contributed by atoms with Crippen LogP contribution in [0.3, 0.4) is 0 Å². The van der Waals surface area contributed by atoms with E-state index < -0.39 is 17.7 Å². The number of rotatable bonds is 3. The van der Waals surface area contributed by atoms with E-state index in [0.29, 0.717) is 5.58 Å². The Balaban J connectivity index is 1.94. The number of halogens is 3. The Bertz CT molecular complexity index is 778. The molecule has 108 valence electrons. The van der Waals surface area contributed by atoms with Gasteiger partial charge in [0, 0.05) is 17.4 Å². The van der Waals surface area contributed by atoms with Crippen LogP contribution in [0.15, 0.2) is 51.4 Å². The largest absolute Gasteiger partial charge is 0.457 e. The van der Waals surface area contributed by atoms with Crippen molar-refractivity contribution in [1.82, 2.24) is 0 Å². The molecule has 1 aromatic heterocycles. The van der Waals surface area contributed by atoms with Gasteiger partial charge in [0.1, 0.15) is 29.1 Å². The van der Waals surface area contributed by atoms with Gasteiger partial charge in [-0.15, -0.1) is 0 Å². The highest BCUT2D eigenvalue weighted by atomic mass is 79.9. The molecule has 0 fully saturated rings. The number of hydrogen-bond donors (Lipinski definition) is 1. The van der Waals surface area contributed by atoms with E-state index in [1.165, 1.54) is 18.2 Å². The Hall–Kier alpha value is -1.72. The standard InChI is InChI=1S/C16H11BrF2O2/c17-11-4-1-3-9-7-15(21-16(9)11)14(20)8-10-12(18)5-2-6-13(10)19/h1-7,14,20H,8H2. The smallest absolute Gasteiger partial charge is 0.148 e. The zero-order chi connectivity index (χ0) is 15.0. The van der Waals surface area contributed by atoms with E-state index >= 15 is 0 Å². The molecule has 0 spiro atoms. The van der Waals surface area contributed by atoms with Crippen molar-refractivity contribution >= 4 is 26.9 Å². The molecular weight excluding hydrogens is 342 g/mol. The molecule has 1 N–H and O–H groups in total. The minimum atomic E-state index is -1.12. The van der Waals surface area contributed by atoms with E-state index in [1.807, 2.05) is 18.2 Å². The van der Waals surface area contributed by atoms with Crippen LogP contribution in [0.5, 0.6) is 0 Å². The van der Waals surface area contributed by atoms with Crippen LogP contribution in [0.4, 0.5) is 8.78 Å². The van der Waals surface area contributed by atoms with Crippen LogP contribution < -0.4 is 0 Å². The van der Waals surface area contributed by atoms with Crippen LogP contribution in [0.25, 0.3) is 11.0 Å². The molecule has 1 unspecified atom stereocenters. The fourth-order valence-corrected chi connectivity index (χ4v) is 2.70. The summed E-state index contributed by atoms with van der Waals surface area (Å²) in [6.07, 6.45) is -1.30. The van der Waals surface area contributed by atoms with Gasteiger partial charge in [-0.1, -0.05) is 18.2 Å². The second kappa shape index (κ2) is 5.58. The summed E-state index contributed by atoms with van der Waals surface area (Å²) in [6, 6.07) is 10.8. The molecule has 21 heavy (non-hydrogen) atoms. The Kier molecular flexibility index (Phi) is 3.78. The van der Waals surface area contributed by atoms with Gasteiger partial charge >= 0.3 is 0 Å². The van der Waals surface area contributed by atoms with Gasteiger partial charge in [0.2, 0.25) is 0 Å². The quantitative estimate of drug-likeness (QED) is 0.737. The number of aliphatic hydroxyl groups excluding tert-OH is 1. The minimum absolute atomic E-state index is 0.149. The summed E-state index contributed by atoms with van der Waals surface area (Å²) in [7, 11) is 0. The van der Waals surface area contributed by atoms with E-state index in [-0.39, 0.29) is 17.7 Å². The molecular formula is C16H11BrF2O2. The first-order valence-corrected chi connectivity index (χ1v) is 7.14. The number of hydrogen-bond acceptors (Lipinski definition) is 2. The molecule has 3 rings (SSSR count). The van der Waals surface area contributed by atoms with Gasteiger partial charge in [0.05, 0.1) is 4.47 Å². The third kappa shape index (κ3) is 2.71. The Labute approximate surface area is 128 Å². The van der Waals surface area contributed by atoms with Crippen molar-refractivity contribution in [3.05, 3.63) is 69.9 Å². The first-order chi connectivity index (χ1) is 10.1. The first-order valence-electron chi connectivity index (χ1n) is 6.35. The predicted octanol–water partition coefficient (Wildman–Crippen LogP) is 4.75. The summed E-state index contributed by atoms with van der Waals surface area (Å²) in [6.45, 7) is 0. The molecule has 0 bridgehead atoms. The summed E-state index contributed by atoms with van der Waals surface area (Å²) < 4.78 is 33.5. The van der Waals surface area contributed by atoms with Gasteiger partial charge < -0.3 is 9.52 Å². The third-order valence-corrected chi connectivity index (χ3v) is 3.93. The van der Waals surface area contributed by atoms with Crippen molar-refractivity contribution in [2.24, 2.45) is 0 Å². The van der Waals surface area contributed by atoms with Crippen LogP contribution in [0.2, 0.25) is 0 Å². The molecule has 3 aromatic rings. The fourth-order valence-electron chi connectivity index (χ4n) is 2.23. The average molecular weight is 353 g/mol. The zero-order valence-corrected chi connectivity index (χ0v) is 12.4. The van der Waals surface area contributed by atoms with Crippen LogP contribution >= 0.6 is 15.9 Å². The molecule has 2 aromatic carbocycles. The van der Waals surface area contributed by atoms with Gasteiger partial charge in [0.15, 0.2) is 0 Å². The van der Waals surface area contributed by atoms with Crippen molar-refractivity contribution in [1.29, 1.82) is 0 Å². The highest BCUT2D eigenvalue weighted by Gasteiger charge is 2.19. The molecule has 2 nitrogen and oxygen atoms in total. The Morgan fingerprint density at radius 1 is 1.10 bits per heavy atom. The molecule has 0 amide bonds. The number of benzene rings is 2. The lowest BCUT2D eigenvalue weighted by Crippen LogP contribution is -2.04. The topological polar surface area (TPSA) is 33.4 Å². The van der Waals surface area contributed by atoms with Gasteiger partial charge in [-0.05, 0) is 40.2 Å². The highest BCUT2D eigenvalue weighted by molar-refractivity contribution is 9.10. The van der Waals surface area contributed by atoms with E-state index in [0.717, 1.165) is 9.86 Å². The maximum atomic E-state index is 13.6. The van der Waals surface area contributed by atoms with Crippen LogP contribution in [0.1, 0.15) is 17.4 Å². The summed E-state index contributed by atoms with van der Waals surface area (Å²) in [4.78, 5) is 0. The number of furan rings is 1. The maximum Gasteiger partial charge on any atom is 0.148 e. The molecule has 0 radical (unpaired) electrons. The number of fused-ring (bicyclic) bond motifs is 1. The molecule has 0 aliphatic heterocycles. The molecule has 0 saturated carbocycles. The van der Waals surface area contributed by atoms with E-state index in [9.17, 15) is 13.9 Å². The lowest BCUT2D eigenvalue weighted by molar-refractivity contribution is 0.150. The number of aliphatic hydroxyl groups is 1. The molecule has 0 aliphatic carbocycles. The predicted molar refractivity (Wildman–Crippen MR) is 78.9 cm³/mol. The minimum Gasteiger partial charge on any atom is -0.457 e. The van der Waals surface area contributed by atoms with Crippen molar-refractivity contribution in [2.75, 3.05) is 0 Å². The Morgan fingerprint density at radius 3 is 2.43 bits per heavy atom. The van der Waals surface area contributed by atoms with Crippen LogP contribution in [-0.2, 0) is 6.42 Å². The Morgan fingerprint density at radius 2 is 1.76 bits per heavy atom. The molecule has 1 atom stereocenters. The van der Waals surface area contributed by atoms with Crippen molar-refractivity contribution < 1.29 is 18.3 Å². The second-order valence-corrected chi connectivity index (χ2v) is 5.58. The zero-order valence-electron chi connectivity index (χ0n) is 10.8. The SMILES string of the molecule is OC(Cc1c(F)cccc1F)c1cc2cccc(Br)c2o1. The molecule has 0 saturated heterocycles. The summed E-state index contributed by atoms with van der Waals surface area (Å²) in [5, 5.41) is 11.0. The lowest BCUT2D eigenvalue weighted by Gasteiger charge is -2.09. The summed E-state index contributed by atoms with van der Waals surface area (Å²) in [5.41, 5.74) is 0.449. The average Bonchev–Trinajstić information content (AvgIpc) is 2.88. The highest BCUT2D eigenvalue weighted by Crippen LogP contribution is 2.31. The fraction of sp³-hybridized carbons (Fsp3) is 0.125. The van der Waals surface area contributed by atoms with E-state index in [4.69, 9.17) is 4.42 Å². The monoisotopic (exact) mass is 352 g/mol. The number of para-hydroxylation sites is 1. The normalized spacial score (nSPS) is 12.8. The van der Waals surface area contributed by atoms with E-state index in [1.54, 1.807) is 6.07 Å². The maximum absolute atomic E-state index is 13.6. The lowest BCUT2D eigenvalue weighted by atomic mass is 10.0. The van der Waals surface area contributed by atoms with Gasteiger partial charge in [-0.2, -0.15) is 0 Å². The molecule has 0 aliphatic rings. The van der Waals surface area contributed by atoms with Gasteiger partial charge in [-0.25, -0.2) is 8.78 Å². The summed E-state index contributed by atoms with van der Waals surface area (Å²) in [5.74, 6) is -1.07. The van der Waals surface area contributed by atoms with Crippen LogP contribution in [-0.4, -0.2) is 5.11 Å². The van der Waals surface area contributed by atoms with Gasteiger partial charge in [-0.3, -0.25) is 0 Å². The van der Waals surface area contributed by atoms with Crippen LogP contribution in [0, 0.1) is 11.6 Å². The summed E-state index contributed by atoms with van der Waals surface area (Å²) >= 11 is 3.35. The molecule has 5 heteroatoms. The third-order valence-electron chi connectivity index (χ3n) is 3.30. The van der Waals surface area contributed by atoms with E-state index in [2.05, 4.69) is 15.9 Å². The molecule has 1 heterocycles.